The maximum absolute atomic E-state index is 11.9. The Kier molecular flexibility index (Phi) is 12.0. The second-order valence-corrected chi connectivity index (χ2v) is 7.82. The van der Waals surface area contributed by atoms with Crippen LogP contribution >= 0.6 is 0 Å². The van der Waals surface area contributed by atoms with Gasteiger partial charge >= 0.3 is 5.97 Å². The predicted octanol–water partition coefficient (Wildman–Crippen LogP) is -1.68. The number of carbonyl (C=O) groups excluding carboxylic acids is 2. The molecule has 9 nitrogen and oxygen atoms in total. The molecule has 0 spiro atoms. The number of carbonyl (C=O) groups is 3. The van der Waals surface area contributed by atoms with Gasteiger partial charge in [-0.3, -0.25) is 13.8 Å². The highest BCUT2D eigenvalue weighted by Gasteiger charge is 2.21. The number of hydrogen-bond acceptors (Lipinski definition) is 6. The number of rotatable bonds is 13. The summed E-state index contributed by atoms with van der Waals surface area (Å²) in [6.07, 6.45) is 0.203. The van der Waals surface area contributed by atoms with Crippen LogP contribution < -0.4 is 10.6 Å². The summed E-state index contributed by atoms with van der Waals surface area (Å²) < 4.78 is 11.9. The summed E-state index contributed by atoms with van der Waals surface area (Å²) in [5.74, 6) is -2.01. The first kappa shape index (κ1) is 23.5. The van der Waals surface area contributed by atoms with E-state index in [1.165, 1.54) is 0 Å². The Balaban J connectivity index is 4.20. The maximum Gasteiger partial charge on any atom is 0.326 e. The Bertz CT molecular complexity index is 471. The van der Waals surface area contributed by atoms with Crippen molar-refractivity contribution in [2.24, 2.45) is 0 Å². The molecule has 0 heterocycles. The zero-order valence-electron chi connectivity index (χ0n) is 15.4. The Hall–Kier alpha value is -1.52. The number of likely N-dealkylation sites (N-methyl/N-ethyl adjacent to an activating group) is 1. The van der Waals surface area contributed by atoms with E-state index in [-0.39, 0.29) is 36.2 Å². The molecule has 0 rings (SSSR count). The van der Waals surface area contributed by atoms with Crippen LogP contribution in [0, 0.1) is 0 Å². The van der Waals surface area contributed by atoms with Crippen LogP contribution in [0.3, 0.4) is 0 Å². The molecule has 0 aromatic rings. The molecule has 2 amide bonds. The molecule has 0 fully saturated rings. The van der Waals surface area contributed by atoms with Gasteiger partial charge in [0, 0.05) is 42.6 Å². The van der Waals surface area contributed by atoms with Gasteiger partial charge in [-0.1, -0.05) is 0 Å². The highest BCUT2D eigenvalue weighted by Crippen LogP contribution is 1.98. The molecule has 0 aliphatic heterocycles. The van der Waals surface area contributed by atoms with Gasteiger partial charge in [-0.25, -0.2) is 4.79 Å². The van der Waals surface area contributed by atoms with Gasteiger partial charge in [0.2, 0.25) is 11.8 Å². The minimum atomic E-state index is -1.48. The van der Waals surface area contributed by atoms with Crippen molar-refractivity contribution in [2.75, 3.05) is 59.3 Å². The summed E-state index contributed by atoms with van der Waals surface area (Å²) in [7, 11) is 5.91. The molecule has 0 bridgehead atoms. The van der Waals surface area contributed by atoms with Gasteiger partial charge in [0.25, 0.3) is 0 Å². The Labute approximate surface area is 151 Å². The molecule has 0 saturated carbocycles. The van der Waals surface area contributed by atoms with E-state index in [0.29, 0.717) is 19.6 Å². The van der Waals surface area contributed by atoms with E-state index in [0.717, 1.165) is 0 Å². The molecular formula is C15H30N4O5S. The molecule has 1 unspecified atom stereocenters. The van der Waals surface area contributed by atoms with Crippen LogP contribution in [0.15, 0.2) is 0 Å². The first-order chi connectivity index (χ1) is 11.6. The quantitative estimate of drug-likeness (QED) is 0.327. The lowest BCUT2D eigenvalue weighted by Gasteiger charge is -2.15. The fourth-order valence-corrected chi connectivity index (χ4v) is 2.82. The van der Waals surface area contributed by atoms with Crippen LogP contribution in [-0.2, 0) is 25.2 Å². The van der Waals surface area contributed by atoms with Crippen molar-refractivity contribution >= 4 is 28.6 Å². The molecule has 25 heavy (non-hydrogen) atoms. The molecule has 0 aliphatic carbocycles. The standard InChI is InChI=1S/C15H30N4O5S/c1-18(2)8-5-13(20)17-12(15(22)23)6-10-25(24)11-14(21)16-7-9-19(3)4/h12H,5-11H2,1-4H3,(H,16,21)(H,17,20)(H,22,23)/t12-,25?/m0/s1/i1+1. The SMILES string of the molecule is CN(C)CCNC(=O)CS(=O)CC[C@H](NC(=O)CCN(C)[13CH3])C(=O)O. The monoisotopic (exact) mass is 379 g/mol. The number of carboxylic acids is 1. The second-order valence-electron chi connectivity index (χ2n) is 6.24. The molecule has 0 radical (unpaired) electrons. The van der Waals surface area contributed by atoms with Crippen molar-refractivity contribution in [1.29, 1.82) is 0 Å². The van der Waals surface area contributed by atoms with E-state index in [1.54, 1.807) is 0 Å². The van der Waals surface area contributed by atoms with Gasteiger partial charge in [0.15, 0.2) is 0 Å². The summed E-state index contributed by atoms with van der Waals surface area (Å²) in [6.45, 7) is 1.65. The predicted molar refractivity (Wildman–Crippen MR) is 96.8 cm³/mol. The van der Waals surface area contributed by atoms with Gasteiger partial charge in [-0.05, 0) is 34.6 Å². The summed E-state index contributed by atoms with van der Waals surface area (Å²) in [6, 6.07) is -1.10. The van der Waals surface area contributed by atoms with Crippen LogP contribution in [0.5, 0.6) is 0 Å². The number of carboxylic acid groups (broad SMARTS) is 1. The lowest BCUT2D eigenvalue weighted by atomic mass is 10.2. The third kappa shape index (κ3) is 13.4. The molecule has 3 N–H and O–H groups in total. The average molecular weight is 379 g/mol. The third-order valence-corrected chi connectivity index (χ3v) is 4.50. The molecular weight excluding hydrogens is 349 g/mol. The number of nitrogens with one attached hydrogen (secondary N) is 2. The largest absolute Gasteiger partial charge is 0.480 e. The van der Waals surface area contributed by atoms with E-state index in [1.807, 2.05) is 38.0 Å². The average Bonchev–Trinajstić information content (AvgIpc) is 2.48. The summed E-state index contributed by atoms with van der Waals surface area (Å²) in [5.41, 5.74) is 0. The van der Waals surface area contributed by atoms with Gasteiger partial charge < -0.3 is 25.5 Å². The lowest BCUT2D eigenvalue weighted by Crippen LogP contribution is -2.42. The molecule has 10 heteroatoms. The van der Waals surface area contributed by atoms with Crippen LogP contribution in [0.4, 0.5) is 0 Å². The zero-order chi connectivity index (χ0) is 19.4. The van der Waals surface area contributed by atoms with Gasteiger partial charge in [-0.15, -0.1) is 0 Å². The summed E-state index contributed by atoms with van der Waals surface area (Å²) in [4.78, 5) is 38.3. The van der Waals surface area contributed by atoms with Gasteiger partial charge in [0.05, 0.1) is 0 Å². The molecule has 2 atom stereocenters. The second kappa shape index (κ2) is 12.8. The Morgan fingerprint density at radius 3 is 2.16 bits per heavy atom. The van der Waals surface area contributed by atoms with Crippen molar-refractivity contribution in [3.05, 3.63) is 0 Å². The smallest absolute Gasteiger partial charge is 0.326 e. The summed E-state index contributed by atoms with van der Waals surface area (Å²) in [5, 5.41) is 14.2. The topological polar surface area (TPSA) is 119 Å². The van der Waals surface area contributed by atoms with E-state index in [9.17, 15) is 18.6 Å². The Morgan fingerprint density at radius 2 is 1.64 bits per heavy atom. The highest BCUT2D eigenvalue weighted by molar-refractivity contribution is 7.85. The molecule has 0 saturated heterocycles. The van der Waals surface area contributed by atoms with Gasteiger partial charge in [0.1, 0.15) is 11.8 Å². The highest BCUT2D eigenvalue weighted by atomic mass is 32.2. The minimum Gasteiger partial charge on any atom is -0.480 e. The van der Waals surface area contributed by atoms with Crippen molar-refractivity contribution in [3.63, 3.8) is 0 Å². The zero-order valence-corrected chi connectivity index (χ0v) is 16.2. The van der Waals surface area contributed by atoms with E-state index >= 15 is 0 Å². The summed E-state index contributed by atoms with van der Waals surface area (Å²) >= 11 is 0. The molecule has 146 valence electrons. The molecule has 0 aromatic heterocycles. The normalized spacial score (nSPS) is 13.5. The van der Waals surface area contributed by atoms with Crippen molar-refractivity contribution in [2.45, 2.75) is 18.9 Å². The molecule has 0 aliphatic rings. The van der Waals surface area contributed by atoms with E-state index < -0.39 is 22.8 Å². The number of aliphatic carboxylic acids is 1. The third-order valence-electron chi connectivity index (χ3n) is 3.23. The van der Waals surface area contributed by atoms with Crippen LogP contribution in [0.1, 0.15) is 12.8 Å². The first-order valence-corrected chi connectivity index (χ1v) is 9.54. The maximum atomic E-state index is 11.9. The molecule has 0 aromatic carbocycles. The van der Waals surface area contributed by atoms with E-state index in [2.05, 4.69) is 10.6 Å². The van der Waals surface area contributed by atoms with Crippen molar-refractivity contribution in [1.82, 2.24) is 20.4 Å². The number of hydrogen-bond donors (Lipinski definition) is 3. The van der Waals surface area contributed by atoms with Crippen molar-refractivity contribution in [3.8, 4) is 0 Å². The number of amides is 2. The van der Waals surface area contributed by atoms with E-state index in [4.69, 9.17) is 5.11 Å². The number of nitrogens with zero attached hydrogens (tertiary/aromatic N) is 2. The lowest BCUT2D eigenvalue weighted by molar-refractivity contribution is -0.141. The van der Waals surface area contributed by atoms with Crippen LogP contribution in [0.25, 0.3) is 0 Å². The minimum absolute atomic E-state index is 0.0145. The van der Waals surface area contributed by atoms with Crippen LogP contribution in [-0.4, -0.2) is 102 Å². The fourth-order valence-electron chi connectivity index (χ4n) is 1.79. The van der Waals surface area contributed by atoms with Crippen LogP contribution in [0.2, 0.25) is 0 Å². The van der Waals surface area contributed by atoms with Crippen molar-refractivity contribution < 1.29 is 23.7 Å². The Morgan fingerprint density at radius 1 is 1.04 bits per heavy atom. The van der Waals surface area contributed by atoms with Gasteiger partial charge in [-0.2, -0.15) is 0 Å². The fraction of sp³-hybridized carbons (Fsp3) is 0.800. The first-order valence-electron chi connectivity index (χ1n) is 8.05.